The lowest BCUT2D eigenvalue weighted by Crippen LogP contribution is -2.19. The van der Waals surface area contributed by atoms with E-state index in [4.69, 9.17) is 0 Å². The number of carbonyl (C=O) groups excluding carboxylic acids is 1. The van der Waals surface area contributed by atoms with E-state index in [1.54, 1.807) is 0 Å². The molecule has 2 rings (SSSR count). The van der Waals surface area contributed by atoms with Gasteiger partial charge in [-0.05, 0) is 40.2 Å². The molecule has 1 aromatic carbocycles. The van der Waals surface area contributed by atoms with Crippen LogP contribution >= 0.6 is 15.9 Å². The average Bonchev–Trinajstić information content (AvgIpc) is 2.40. The highest BCUT2D eigenvalue weighted by molar-refractivity contribution is 9.10. The molecule has 0 aliphatic carbocycles. The van der Waals surface area contributed by atoms with Gasteiger partial charge in [0.15, 0.2) is 11.5 Å². The standard InChI is InChI=1S/C13H7BrF3NO2/c14-10-5-1-4-9(12(10)20-13(15,16)17)11(19)8-3-2-6-18-7-8/h1-7H. The number of ketones is 1. The van der Waals surface area contributed by atoms with Crippen molar-refractivity contribution in [1.82, 2.24) is 4.98 Å². The van der Waals surface area contributed by atoms with E-state index in [9.17, 15) is 18.0 Å². The second-order valence-corrected chi connectivity index (χ2v) is 4.59. The number of carbonyl (C=O) groups is 1. The van der Waals surface area contributed by atoms with Crippen molar-refractivity contribution in [1.29, 1.82) is 0 Å². The summed E-state index contributed by atoms with van der Waals surface area (Å²) in [5.41, 5.74) is -0.0117. The van der Waals surface area contributed by atoms with Gasteiger partial charge in [-0.15, -0.1) is 13.2 Å². The molecule has 0 fully saturated rings. The van der Waals surface area contributed by atoms with E-state index in [-0.39, 0.29) is 15.6 Å². The third-order valence-electron chi connectivity index (χ3n) is 2.35. The Bertz CT molecular complexity index is 629. The van der Waals surface area contributed by atoms with Crippen LogP contribution in [-0.2, 0) is 0 Å². The zero-order chi connectivity index (χ0) is 14.8. The molecule has 0 aliphatic heterocycles. The van der Waals surface area contributed by atoms with Gasteiger partial charge in [0.1, 0.15) is 0 Å². The summed E-state index contributed by atoms with van der Waals surface area (Å²) in [5, 5.41) is 0. The Hall–Kier alpha value is -1.89. The summed E-state index contributed by atoms with van der Waals surface area (Å²) in [6, 6.07) is 7.07. The van der Waals surface area contributed by atoms with Gasteiger partial charge < -0.3 is 4.74 Å². The zero-order valence-electron chi connectivity index (χ0n) is 9.82. The van der Waals surface area contributed by atoms with Crippen LogP contribution < -0.4 is 4.74 Å². The lowest BCUT2D eigenvalue weighted by Gasteiger charge is -2.14. The van der Waals surface area contributed by atoms with Crippen molar-refractivity contribution < 1.29 is 22.7 Å². The van der Waals surface area contributed by atoms with Crippen LogP contribution in [0.2, 0.25) is 0 Å². The molecule has 7 heteroatoms. The van der Waals surface area contributed by atoms with Gasteiger partial charge >= 0.3 is 6.36 Å². The Labute approximate surface area is 120 Å². The first-order valence-electron chi connectivity index (χ1n) is 5.37. The summed E-state index contributed by atoms with van der Waals surface area (Å²) in [6.07, 6.45) is -2.14. The summed E-state index contributed by atoms with van der Waals surface area (Å²) in [6.45, 7) is 0. The first kappa shape index (κ1) is 14.5. The molecule has 1 aromatic heterocycles. The van der Waals surface area contributed by atoms with Gasteiger partial charge in [0, 0.05) is 18.0 Å². The SMILES string of the molecule is O=C(c1cccnc1)c1cccc(Br)c1OC(F)(F)F. The fraction of sp³-hybridized carbons (Fsp3) is 0.0769. The number of halogens is 4. The highest BCUT2D eigenvalue weighted by atomic mass is 79.9. The van der Waals surface area contributed by atoms with E-state index >= 15 is 0 Å². The largest absolute Gasteiger partial charge is 0.573 e. The number of hydrogen-bond donors (Lipinski definition) is 0. The summed E-state index contributed by atoms with van der Waals surface area (Å²) >= 11 is 2.95. The molecule has 0 amide bonds. The Balaban J connectivity index is 2.47. The summed E-state index contributed by atoms with van der Waals surface area (Å²) < 4.78 is 41.2. The molecule has 0 unspecified atom stereocenters. The molecule has 0 N–H and O–H groups in total. The van der Waals surface area contributed by atoms with Crippen LogP contribution in [-0.4, -0.2) is 17.1 Å². The van der Waals surface area contributed by atoms with Crippen LogP contribution in [0, 0.1) is 0 Å². The minimum Gasteiger partial charge on any atom is -0.404 e. The van der Waals surface area contributed by atoms with E-state index in [1.165, 1.54) is 42.7 Å². The van der Waals surface area contributed by atoms with Gasteiger partial charge in [-0.25, -0.2) is 0 Å². The predicted molar refractivity (Wildman–Crippen MR) is 68.5 cm³/mol. The number of para-hydroxylation sites is 1. The maximum Gasteiger partial charge on any atom is 0.573 e. The lowest BCUT2D eigenvalue weighted by atomic mass is 10.0. The molecule has 0 saturated heterocycles. The second-order valence-electron chi connectivity index (χ2n) is 3.74. The van der Waals surface area contributed by atoms with Crippen molar-refractivity contribution in [2.75, 3.05) is 0 Å². The van der Waals surface area contributed by atoms with E-state index in [0.29, 0.717) is 0 Å². The van der Waals surface area contributed by atoms with Crippen molar-refractivity contribution in [3.63, 3.8) is 0 Å². The Morgan fingerprint density at radius 3 is 2.55 bits per heavy atom. The first-order chi connectivity index (χ1) is 9.38. The van der Waals surface area contributed by atoms with Crippen LogP contribution in [0.3, 0.4) is 0 Å². The summed E-state index contributed by atoms with van der Waals surface area (Å²) in [4.78, 5) is 16.0. The highest BCUT2D eigenvalue weighted by Crippen LogP contribution is 2.34. The molecule has 2 aromatic rings. The minimum absolute atomic E-state index is 0.0459. The van der Waals surface area contributed by atoms with Gasteiger partial charge in [-0.2, -0.15) is 0 Å². The van der Waals surface area contributed by atoms with Gasteiger partial charge in [-0.3, -0.25) is 9.78 Å². The minimum atomic E-state index is -4.88. The number of alkyl halides is 3. The molecule has 1 heterocycles. The monoisotopic (exact) mass is 345 g/mol. The molecule has 0 aliphatic rings. The van der Waals surface area contributed by atoms with Crippen molar-refractivity contribution in [2.24, 2.45) is 0 Å². The predicted octanol–water partition coefficient (Wildman–Crippen LogP) is 3.97. The maximum atomic E-state index is 12.4. The Kier molecular flexibility index (Phi) is 4.08. The number of hydrogen-bond acceptors (Lipinski definition) is 3. The molecule has 0 spiro atoms. The van der Waals surface area contributed by atoms with Crippen LogP contribution in [0.4, 0.5) is 13.2 Å². The number of nitrogens with zero attached hydrogens (tertiary/aromatic N) is 1. The molecule has 0 saturated carbocycles. The van der Waals surface area contributed by atoms with Crippen molar-refractivity contribution in [2.45, 2.75) is 6.36 Å². The Morgan fingerprint density at radius 2 is 1.95 bits per heavy atom. The van der Waals surface area contributed by atoms with E-state index < -0.39 is 17.9 Å². The maximum absolute atomic E-state index is 12.4. The number of benzene rings is 1. The quantitative estimate of drug-likeness (QED) is 0.790. The average molecular weight is 346 g/mol. The van der Waals surface area contributed by atoms with Crippen molar-refractivity contribution >= 4 is 21.7 Å². The molecular weight excluding hydrogens is 339 g/mol. The summed E-state index contributed by atoms with van der Waals surface area (Å²) in [5.74, 6) is -1.16. The fourth-order valence-electron chi connectivity index (χ4n) is 1.56. The molecule has 20 heavy (non-hydrogen) atoms. The van der Waals surface area contributed by atoms with E-state index in [1.807, 2.05) is 0 Å². The molecule has 3 nitrogen and oxygen atoms in total. The molecule has 0 radical (unpaired) electrons. The number of ether oxygens (including phenoxy) is 1. The van der Waals surface area contributed by atoms with Crippen molar-refractivity contribution in [3.8, 4) is 5.75 Å². The zero-order valence-corrected chi connectivity index (χ0v) is 11.4. The smallest absolute Gasteiger partial charge is 0.404 e. The van der Waals surface area contributed by atoms with Gasteiger partial charge in [0.25, 0.3) is 0 Å². The van der Waals surface area contributed by atoms with E-state index in [2.05, 4.69) is 25.7 Å². The third kappa shape index (κ3) is 3.36. The fourth-order valence-corrected chi connectivity index (χ4v) is 2.01. The topological polar surface area (TPSA) is 39.2 Å². The van der Waals surface area contributed by atoms with Crippen LogP contribution in [0.1, 0.15) is 15.9 Å². The highest BCUT2D eigenvalue weighted by Gasteiger charge is 2.34. The molecule has 0 atom stereocenters. The van der Waals surface area contributed by atoms with Crippen LogP contribution in [0.5, 0.6) is 5.75 Å². The normalized spacial score (nSPS) is 11.2. The molecular formula is C13H7BrF3NO2. The molecule has 104 valence electrons. The first-order valence-corrected chi connectivity index (χ1v) is 6.17. The second kappa shape index (κ2) is 5.62. The summed E-state index contributed by atoms with van der Waals surface area (Å²) in [7, 11) is 0. The van der Waals surface area contributed by atoms with Crippen LogP contribution in [0.25, 0.3) is 0 Å². The number of rotatable bonds is 3. The third-order valence-corrected chi connectivity index (χ3v) is 2.98. The van der Waals surface area contributed by atoms with Gasteiger partial charge in [-0.1, -0.05) is 6.07 Å². The number of pyridine rings is 1. The Morgan fingerprint density at radius 1 is 1.20 bits per heavy atom. The van der Waals surface area contributed by atoms with Crippen LogP contribution in [0.15, 0.2) is 47.2 Å². The molecule has 0 bridgehead atoms. The number of aromatic nitrogens is 1. The van der Waals surface area contributed by atoms with E-state index in [0.717, 1.165) is 0 Å². The van der Waals surface area contributed by atoms with Gasteiger partial charge in [0.05, 0.1) is 10.0 Å². The van der Waals surface area contributed by atoms with Crippen molar-refractivity contribution in [3.05, 3.63) is 58.3 Å². The lowest BCUT2D eigenvalue weighted by molar-refractivity contribution is -0.275. The van der Waals surface area contributed by atoms with Gasteiger partial charge in [0.2, 0.25) is 0 Å².